The Kier molecular flexibility index (Phi) is 2.88. The van der Waals surface area contributed by atoms with E-state index in [2.05, 4.69) is 9.97 Å². The van der Waals surface area contributed by atoms with Crippen molar-refractivity contribution in [2.45, 2.75) is 0 Å². The van der Waals surface area contributed by atoms with Crippen molar-refractivity contribution >= 4 is 0 Å². The fraction of sp³-hybridized carbons (Fsp3) is 0.0833. The highest BCUT2D eigenvalue weighted by atomic mass is 16.5. The summed E-state index contributed by atoms with van der Waals surface area (Å²) in [5, 5.41) is 8.73. The monoisotopic (exact) mass is 227 g/mol. The smallest absolute Gasteiger partial charge is 0.252 e. The number of rotatable bonds is 2. The van der Waals surface area contributed by atoms with E-state index in [9.17, 15) is 4.79 Å². The molecule has 0 saturated heterocycles. The Balaban J connectivity index is 2.49. The van der Waals surface area contributed by atoms with Crippen LogP contribution in [0, 0.1) is 11.3 Å². The Morgan fingerprint density at radius 3 is 2.65 bits per heavy atom. The van der Waals surface area contributed by atoms with Crippen molar-refractivity contribution < 1.29 is 4.74 Å². The number of nitrogens with zero attached hydrogens (tertiary/aromatic N) is 2. The number of aromatic amines is 1. The second kappa shape index (κ2) is 4.49. The molecule has 84 valence electrons. The molecule has 2 aromatic rings. The SMILES string of the molecule is COc1ccc(-c2nc(C#N)cc(=O)[nH]2)cc1. The molecule has 5 heteroatoms. The quantitative estimate of drug-likeness (QED) is 0.839. The van der Waals surface area contributed by atoms with Gasteiger partial charge < -0.3 is 9.72 Å². The molecule has 1 heterocycles. The third kappa shape index (κ3) is 2.32. The number of nitrogens with one attached hydrogen (secondary N) is 1. The number of hydrogen-bond acceptors (Lipinski definition) is 4. The number of methoxy groups -OCH3 is 1. The maximum Gasteiger partial charge on any atom is 0.252 e. The second-order valence-electron chi connectivity index (χ2n) is 3.32. The van der Waals surface area contributed by atoms with Crippen molar-refractivity contribution in [3.05, 3.63) is 46.4 Å². The summed E-state index contributed by atoms with van der Waals surface area (Å²) in [6, 6.07) is 10.0. The maximum absolute atomic E-state index is 11.3. The summed E-state index contributed by atoms with van der Waals surface area (Å²) in [5.74, 6) is 1.09. The standard InChI is InChI=1S/C12H9N3O2/c1-17-10-4-2-8(3-5-10)12-14-9(7-13)6-11(16)15-12/h2-6H,1H3,(H,14,15,16). The molecule has 0 amide bonds. The molecule has 0 spiro atoms. The van der Waals surface area contributed by atoms with E-state index in [1.807, 2.05) is 6.07 Å². The molecule has 0 aliphatic heterocycles. The van der Waals surface area contributed by atoms with Gasteiger partial charge in [0, 0.05) is 11.6 Å². The van der Waals surface area contributed by atoms with Gasteiger partial charge in [0.25, 0.3) is 5.56 Å². The first-order valence-electron chi connectivity index (χ1n) is 4.89. The summed E-state index contributed by atoms with van der Waals surface area (Å²) in [4.78, 5) is 17.9. The van der Waals surface area contributed by atoms with Gasteiger partial charge in [-0.05, 0) is 24.3 Å². The Hall–Kier alpha value is -2.61. The molecule has 0 saturated carbocycles. The van der Waals surface area contributed by atoms with Crippen LogP contribution in [-0.2, 0) is 0 Å². The summed E-state index contributed by atoms with van der Waals surface area (Å²) < 4.78 is 5.03. The van der Waals surface area contributed by atoms with Crippen molar-refractivity contribution in [3.8, 4) is 23.2 Å². The number of ether oxygens (including phenoxy) is 1. The first-order valence-corrected chi connectivity index (χ1v) is 4.89. The number of benzene rings is 1. The Labute approximate surface area is 97.3 Å². The predicted molar refractivity (Wildman–Crippen MR) is 61.6 cm³/mol. The van der Waals surface area contributed by atoms with Crippen LogP contribution in [0.4, 0.5) is 0 Å². The van der Waals surface area contributed by atoms with Crippen LogP contribution in [0.3, 0.4) is 0 Å². The highest BCUT2D eigenvalue weighted by Gasteiger charge is 2.03. The van der Waals surface area contributed by atoms with E-state index in [-0.39, 0.29) is 11.3 Å². The van der Waals surface area contributed by atoms with E-state index in [0.717, 1.165) is 11.6 Å². The summed E-state index contributed by atoms with van der Waals surface area (Å²) in [5.41, 5.74) is 0.474. The van der Waals surface area contributed by atoms with Gasteiger partial charge in [0.15, 0.2) is 0 Å². The summed E-state index contributed by atoms with van der Waals surface area (Å²) in [7, 11) is 1.57. The molecule has 5 nitrogen and oxygen atoms in total. The molecule has 1 N–H and O–H groups in total. The Bertz CT molecular complexity index is 623. The number of aromatic nitrogens is 2. The largest absolute Gasteiger partial charge is 0.497 e. The Morgan fingerprint density at radius 2 is 2.06 bits per heavy atom. The minimum absolute atomic E-state index is 0.0968. The van der Waals surface area contributed by atoms with E-state index in [1.54, 1.807) is 31.4 Å². The van der Waals surface area contributed by atoms with E-state index in [4.69, 9.17) is 10.00 Å². The van der Waals surface area contributed by atoms with Crippen LogP contribution in [-0.4, -0.2) is 17.1 Å². The van der Waals surface area contributed by atoms with Gasteiger partial charge in [-0.1, -0.05) is 0 Å². The second-order valence-corrected chi connectivity index (χ2v) is 3.32. The predicted octanol–water partition coefficient (Wildman–Crippen LogP) is 1.32. The lowest BCUT2D eigenvalue weighted by molar-refractivity contribution is 0.415. The highest BCUT2D eigenvalue weighted by Crippen LogP contribution is 2.18. The molecule has 2 rings (SSSR count). The first-order chi connectivity index (χ1) is 8.22. The van der Waals surface area contributed by atoms with Crippen molar-refractivity contribution in [3.63, 3.8) is 0 Å². The lowest BCUT2D eigenvalue weighted by atomic mass is 10.2. The molecular weight excluding hydrogens is 218 g/mol. The molecule has 1 aromatic carbocycles. The van der Waals surface area contributed by atoms with Crippen LogP contribution >= 0.6 is 0 Å². The van der Waals surface area contributed by atoms with Gasteiger partial charge in [-0.25, -0.2) is 4.98 Å². The van der Waals surface area contributed by atoms with Crippen LogP contribution in [0.15, 0.2) is 35.1 Å². The highest BCUT2D eigenvalue weighted by molar-refractivity contribution is 5.56. The van der Waals surface area contributed by atoms with Crippen LogP contribution in [0.5, 0.6) is 5.75 Å². The molecule has 0 fully saturated rings. The fourth-order valence-electron chi connectivity index (χ4n) is 1.40. The zero-order chi connectivity index (χ0) is 12.3. The fourth-order valence-corrected chi connectivity index (χ4v) is 1.40. The molecule has 0 radical (unpaired) electrons. The van der Waals surface area contributed by atoms with Crippen LogP contribution in [0.1, 0.15) is 5.69 Å². The van der Waals surface area contributed by atoms with Crippen molar-refractivity contribution in [2.75, 3.05) is 7.11 Å². The van der Waals surface area contributed by atoms with Gasteiger partial charge in [0.05, 0.1) is 7.11 Å². The van der Waals surface area contributed by atoms with Crippen LogP contribution < -0.4 is 10.3 Å². The lowest BCUT2D eigenvalue weighted by Crippen LogP contribution is -2.08. The van der Waals surface area contributed by atoms with Gasteiger partial charge in [-0.15, -0.1) is 0 Å². The van der Waals surface area contributed by atoms with E-state index in [0.29, 0.717) is 11.6 Å². The van der Waals surface area contributed by atoms with Gasteiger partial charge in [0.1, 0.15) is 23.3 Å². The molecule has 1 aromatic heterocycles. The zero-order valence-electron chi connectivity index (χ0n) is 9.10. The van der Waals surface area contributed by atoms with Crippen molar-refractivity contribution in [2.24, 2.45) is 0 Å². The summed E-state index contributed by atoms with van der Waals surface area (Å²) in [6.45, 7) is 0. The average molecular weight is 227 g/mol. The minimum Gasteiger partial charge on any atom is -0.497 e. The van der Waals surface area contributed by atoms with Crippen LogP contribution in [0.2, 0.25) is 0 Å². The molecule has 0 aliphatic rings. The van der Waals surface area contributed by atoms with Crippen molar-refractivity contribution in [1.82, 2.24) is 9.97 Å². The normalized spacial score (nSPS) is 9.65. The minimum atomic E-state index is -0.345. The summed E-state index contributed by atoms with van der Waals surface area (Å²) >= 11 is 0. The average Bonchev–Trinajstić information content (AvgIpc) is 2.38. The van der Waals surface area contributed by atoms with E-state index in [1.165, 1.54) is 0 Å². The molecular formula is C12H9N3O2. The first kappa shape index (κ1) is 10.9. The summed E-state index contributed by atoms with van der Waals surface area (Å²) in [6.07, 6.45) is 0. The van der Waals surface area contributed by atoms with Crippen LogP contribution in [0.25, 0.3) is 11.4 Å². The third-order valence-corrected chi connectivity index (χ3v) is 2.22. The Morgan fingerprint density at radius 1 is 1.35 bits per heavy atom. The number of H-pyrrole nitrogens is 1. The van der Waals surface area contributed by atoms with Gasteiger partial charge in [-0.2, -0.15) is 5.26 Å². The molecule has 0 bridgehead atoms. The van der Waals surface area contributed by atoms with E-state index >= 15 is 0 Å². The van der Waals surface area contributed by atoms with Gasteiger partial charge in [-0.3, -0.25) is 4.79 Å². The zero-order valence-corrected chi connectivity index (χ0v) is 9.10. The number of nitriles is 1. The molecule has 0 atom stereocenters. The molecule has 17 heavy (non-hydrogen) atoms. The molecule has 0 unspecified atom stereocenters. The third-order valence-electron chi connectivity index (χ3n) is 2.22. The van der Waals surface area contributed by atoms with Gasteiger partial charge in [0.2, 0.25) is 0 Å². The van der Waals surface area contributed by atoms with E-state index < -0.39 is 0 Å². The topological polar surface area (TPSA) is 78.8 Å². The lowest BCUT2D eigenvalue weighted by Gasteiger charge is -2.02. The molecule has 0 aliphatic carbocycles. The number of hydrogen-bond donors (Lipinski definition) is 1. The maximum atomic E-state index is 11.3. The van der Waals surface area contributed by atoms with Crippen molar-refractivity contribution in [1.29, 1.82) is 5.26 Å². The van der Waals surface area contributed by atoms with Gasteiger partial charge >= 0.3 is 0 Å².